The summed E-state index contributed by atoms with van der Waals surface area (Å²) in [6.45, 7) is 8.12. The second-order valence-electron chi connectivity index (χ2n) is 5.03. The lowest BCUT2D eigenvalue weighted by molar-refractivity contribution is -0.123. The van der Waals surface area contributed by atoms with Gasteiger partial charge in [0.25, 0.3) is 0 Å². The smallest absolute Gasteiger partial charge is 0.237 e. The fourth-order valence-corrected chi connectivity index (χ4v) is 2.69. The molecule has 1 aromatic heterocycles. The minimum atomic E-state index is -0.430. The zero-order valence-corrected chi connectivity index (χ0v) is 14.8. The second-order valence-corrected chi connectivity index (χ2v) is 5.92. The van der Waals surface area contributed by atoms with Crippen molar-refractivity contribution in [2.45, 2.75) is 52.6 Å². The van der Waals surface area contributed by atoms with Crippen molar-refractivity contribution in [3.63, 3.8) is 0 Å². The summed E-state index contributed by atoms with van der Waals surface area (Å²) in [4.78, 5) is 16.4. The van der Waals surface area contributed by atoms with Crippen molar-refractivity contribution in [2.75, 3.05) is 0 Å². The molecular formula is C13H25Cl2N3OS. The average Bonchev–Trinajstić information content (AvgIpc) is 2.71. The summed E-state index contributed by atoms with van der Waals surface area (Å²) in [7, 11) is 0. The van der Waals surface area contributed by atoms with E-state index in [4.69, 9.17) is 5.73 Å². The van der Waals surface area contributed by atoms with Crippen LogP contribution in [0.15, 0.2) is 5.38 Å². The van der Waals surface area contributed by atoms with Gasteiger partial charge in [-0.25, -0.2) is 4.98 Å². The maximum atomic E-state index is 12.0. The van der Waals surface area contributed by atoms with Gasteiger partial charge in [-0.3, -0.25) is 4.79 Å². The van der Waals surface area contributed by atoms with Crippen molar-refractivity contribution < 1.29 is 4.79 Å². The number of carbonyl (C=O) groups is 1. The molecule has 3 N–H and O–H groups in total. The maximum Gasteiger partial charge on any atom is 0.237 e. The van der Waals surface area contributed by atoms with Crippen LogP contribution in [-0.4, -0.2) is 16.9 Å². The summed E-state index contributed by atoms with van der Waals surface area (Å²) >= 11 is 1.58. The van der Waals surface area contributed by atoms with Crippen LogP contribution in [-0.2, 0) is 4.79 Å². The number of rotatable bonds is 6. The first-order valence-corrected chi connectivity index (χ1v) is 7.30. The molecule has 0 aliphatic carbocycles. The number of nitrogens with one attached hydrogen (secondary N) is 1. The molecule has 0 aliphatic rings. The summed E-state index contributed by atoms with van der Waals surface area (Å²) in [5.41, 5.74) is 6.87. The number of nitrogens with zero attached hydrogens (tertiary/aromatic N) is 1. The molecule has 0 aromatic carbocycles. The summed E-state index contributed by atoms with van der Waals surface area (Å²) < 4.78 is 0. The molecule has 1 heterocycles. The predicted octanol–water partition coefficient (Wildman–Crippen LogP) is 3.24. The van der Waals surface area contributed by atoms with Crippen LogP contribution in [0.3, 0.4) is 0 Å². The lowest BCUT2D eigenvalue weighted by atomic mass is 10.0. The van der Waals surface area contributed by atoms with Gasteiger partial charge in [-0.1, -0.05) is 20.8 Å². The minimum absolute atomic E-state index is 0. The van der Waals surface area contributed by atoms with E-state index in [2.05, 4.69) is 24.1 Å². The SMILES string of the molecule is CCC(NC(=O)[C@@H](N)CC(C)C)c1nc(C)cs1.Cl.Cl. The van der Waals surface area contributed by atoms with Gasteiger partial charge in [0, 0.05) is 11.1 Å². The van der Waals surface area contributed by atoms with Crippen LogP contribution in [0.25, 0.3) is 0 Å². The van der Waals surface area contributed by atoms with Crippen LogP contribution in [0, 0.1) is 12.8 Å². The van der Waals surface area contributed by atoms with Crippen LogP contribution < -0.4 is 11.1 Å². The number of hydrogen-bond acceptors (Lipinski definition) is 4. The quantitative estimate of drug-likeness (QED) is 0.834. The minimum Gasteiger partial charge on any atom is -0.346 e. The van der Waals surface area contributed by atoms with Crippen molar-refractivity contribution in [3.05, 3.63) is 16.1 Å². The number of hydrogen-bond donors (Lipinski definition) is 2. The Bertz CT molecular complexity index is 399. The Morgan fingerprint density at radius 1 is 1.45 bits per heavy atom. The molecule has 0 bridgehead atoms. The third kappa shape index (κ3) is 6.88. The van der Waals surface area contributed by atoms with Crippen molar-refractivity contribution in [2.24, 2.45) is 11.7 Å². The van der Waals surface area contributed by atoms with Gasteiger partial charge in [-0.05, 0) is 25.7 Å². The van der Waals surface area contributed by atoms with E-state index in [-0.39, 0.29) is 36.8 Å². The van der Waals surface area contributed by atoms with Gasteiger partial charge in [-0.2, -0.15) is 0 Å². The molecular weight excluding hydrogens is 317 g/mol. The zero-order valence-electron chi connectivity index (χ0n) is 12.4. The van der Waals surface area contributed by atoms with E-state index in [9.17, 15) is 4.79 Å². The molecule has 7 heteroatoms. The van der Waals surface area contributed by atoms with E-state index in [1.54, 1.807) is 11.3 Å². The molecule has 20 heavy (non-hydrogen) atoms. The first-order chi connectivity index (χ1) is 8.43. The first-order valence-electron chi connectivity index (χ1n) is 6.42. The van der Waals surface area contributed by atoms with Crippen LogP contribution in [0.2, 0.25) is 0 Å². The Hall–Kier alpha value is -0.360. The van der Waals surface area contributed by atoms with E-state index < -0.39 is 6.04 Å². The second kappa shape index (κ2) is 10.4. The average molecular weight is 342 g/mol. The molecule has 0 fully saturated rings. The Kier molecular flexibility index (Phi) is 11.4. The number of thiazole rings is 1. The molecule has 0 radical (unpaired) electrons. The molecule has 1 rings (SSSR count). The first kappa shape index (κ1) is 21.9. The number of carbonyl (C=O) groups excluding carboxylic acids is 1. The summed E-state index contributed by atoms with van der Waals surface area (Å²) in [6.07, 6.45) is 1.53. The van der Waals surface area contributed by atoms with Gasteiger partial charge in [0.2, 0.25) is 5.91 Å². The molecule has 0 aliphatic heterocycles. The van der Waals surface area contributed by atoms with Gasteiger partial charge in [-0.15, -0.1) is 36.2 Å². The Morgan fingerprint density at radius 2 is 2.05 bits per heavy atom. The van der Waals surface area contributed by atoms with Gasteiger partial charge >= 0.3 is 0 Å². The maximum absolute atomic E-state index is 12.0. The third-order valence-electron chi connectivity index (χ3n) is 2.72. The largest absolute Gasteiger partial charge is 0.346 e. The summed E-state index contributed by atoms with van der Waals surface area (Å²) in [5, 5.41) is 5.94. The number of nitrogens with two attached hydrogens (primary N) is 1. The highest BCUT2D eigenvalue weighted by Crippen LogP contribution is 2.21. The lowest BCUT2D eigenvalue weighted by Gasteiger charge is -2.19. The standard InChI is InChI=1S/C13H23N3OS.2ClH/c1-5-11(13-15-9(4)7-18-13)16-12(17)10(14)6-8(2)3;;/h7-8,10-11H,5-6,14H2,1-4H3,(H,16,17);2*1H/t10-,11?;;/m0../s1. The Balaban J connectivity index is 0. The van der Waals surface area contributed by atoms with Crippen molar-refractivity contribution in [1.82, 2.24) is 10.3 Å². The number of amides is 1. The summed E-state index contributed by atoms with van der Waals surface area (Å²) in [5.74, 6) is 0.344. The van der Waals surface area contributed by atoms with E-state index in [0.717, 1.165) is 17.1 Å². The molecule has 2 atom stereocenters. The lowest BCUT2D eigenvalue weighted by Crippen LogP contribution is -2.42. The number of aromatic nitrogens is 1. The predicted molar refractivity (Wildman–Crippen MR) is 90.0 cm³/mol. The molecule has 118 valence electrons. The normalized spacial score (nSPS) is 13.1. The number of halogens is 2. The van der Waals surface area contributed by atoms with E-state index in [0.29, 0.717) is 12.3 Å². The Morgan fingerprint density at radius 3 is 2.45 bits per heavy atom. The fraction of sp³-hybridized carbons (Fsp3) is 0.692. The van der Waals surface area contributed by atoms with Crippen molar-refractivity contribution >= 4 is 42.1 Å². The van der Waals surface area contributed by atoms with Crippen LogP contribution in [0.1, 0.15) is 50.4 Å². The van der Waals surface area contributed by atoms with E-state index >= 15 is 0 Å². The highest BCUT2D eigenvalue weighted by atomic mass is 35.5. The van der Waals surface area contributed by atoms with Crippen LogP contribution in [0.5, 0.6) is 0 Å². The van der Waals surface area contributed by atoms with Crippen LogP contribution in [0.4, 0.5) is 0 Å². The third-order valence-corrected chi connectivity index (χ3v) is 3.80. The molecule has 1 amide bonds. The van der Waals surface area contributed by atoms with Gasteiger partial charge in [0.1, 0.15) is 5.01 Å². The van der Waals surface area contributed by atoms with Crippen LogP contribution >= 0.6 is 36.2 Å². The zero-order chi connectivity index (χ0) is 13.7. The van der Waals surface area contributed by atoms with Gasteiger partial charge in [0.15, 0.2) is 0 Å². The molecule has 0 spiro atoms. The topological polar surface area (TPSA) is 68.0 Å². The van der Waals surface area contributed by atoms with E-state index in [1.807, 2.05) is 19.2 Å². The molecule has 0 saturated carbocycles. The molecule has 0 saturated heterocycles. The highest BCUT2D eigenvalue weighted by molar-refractivity contribution is 7.09. The van der Waals surface area contributed by atoms with Crippen molar-refractivity contribution in [3.8, 4) is 0 Å². The highest BCUT2D eigenvalue weighted by Gasteiger charge is 2.20. The van der Waals surface area contributed by atoms with Gasteiger partial charge in [0.05, 0.1) is 12.1 Å². The Labute approximate surface area is 137 Å². The molecule has 4 nitrogen and oxygen atoms in total. The molecule has 1 unspecified atom stereocenters. The summed E-state index contributed by atoms with van der Waals surface area (Å²) in [6, 6.07) is -0.450. The van der Waals surface area contributed by atoms with Gasteiger partial charge < -0.3 is 11.1 Å². The van der Waals surface area contributed by atoms with E-state index in [1.165, 1.54) is 0 Å². The number of aryl methyl sites for hydroxylation is 1. The fourth-order valence-electron chi connectivity index (χ4n) is 1.76. The van der Waals surface area contributed by atoms with Crippen molar-refractivity contribution in [1.29, 1.82) is 0 Å². The monoisotopic (exact) mass is 341 g/mol. The molecule has 1 aromatic rings.